The van der Waals surface area contributed by atoms with E-state index in [-0.39, 0.29) is 36.6 Å². The number of hydrogen-bond donors (Lipinski definition) is 1. The van der Waals surface area contributed by atoms with Crippen molar-refractivity contribution in [3.05, 3.63) is 30.3 Å². The summed E-state index contributed by atoms with van der Waals surface area (Å²) in [7, 11) is 0. The summed E-state index contributed by atoms with van der Waals surface area (Å²) in [4.78, 5) is 40.1. The molecule has 1 unspecified atom stereocenters. The third-order valence-electron chi connectivity index (χ3n) is 5.69. The van der Waals surface area contributed by atoms with Gasteiger partial charge < -0.3 is 19.6 Å². The molecule has 2 fully saturated rings. The number of benzene rings is 1. The molecule has 28 heavy (non-hydrogen) atoms. The predicted octanol–water partition coefficient (Wildman–Crippen LogP) is 1.87. The highest BCUT2D eigenvalue weighted by atomic mass is 16.5. The van der Waals surface area contributed by atoms with Crippen molar-refractivity contribution in [1.29, 1.82) is 0 Å². The molecule has 0 bridgehead atoms. The van der Waals surface area contributed by atoms with Gasteiger partial charge in [0.25, 0.3) is 0 Å². The highest BCUT2D eigenvalue weighted by molar-refractivity contribution is 5.83. The first-order valence-corrected chi connectivity index (χ1v) is 9.93. The molecule has 3 atom stereocenters. The van der Waals surface area contributed by atoms with Gasteiger partial charge in [-0.2, -0.15) is 0 Å². The Morgan fingerprint density at radius 1 is 1.11 bits per heavy atom. The van der Waals surface area contributed by atoms with Crippen LogP contribution in [-0.4, -0.2) is 65.5 Å². The molecule has 2 heterocycles. The number of ether oxygens (including phenoxy) is 1. The largest absolute Gasteiger partial charge is 0.493 e. The fraction of sp³-hybridized carbons (Fsp3) is 0.571. The average Bonchev–Trinajstić information content (AvgIpc) is 3.10. The number of nitrogens with zero attached hydrogens (tertiary/aromatic N) is 2. The molecule has 7 nitrogen and oxygen atoms in total. The second-order valence-electron chi connectivity index (χ2n) is 7.76. The molecule has 1 aromatic carbocycles. The van der Waals surface area contributed by atoms with E-state index < -0.39 is 11.9 Å². The van der Waals surface area contributed by atoms with Gasteiger partial charge in [-0.05, 0) is 30.9 Å². The van der Waals surface area contributed by atoms with Gasteiger partial charge in [0.2, 0.25) is 11.8 Å². The molecule has 1 aromatic rings. The van der Waals surface area contributed by atoms with Crippen LogP contribution < -0.4 is 4.74 Å². The molecule has 2 aliphatic rings. The molecule has 2 aliphatic heterocycles. The first kappa shape index (κ1) is 20.2. The third-order valence-corrected chi connectivity index (χ3v) is 5.69. The van der Waals surface area contributed by atoms with Crippen molar-refractivity contribution >= 4 is 17.8 Å². The number of likely N-dealkylation sites (tertiary alicyclic amines) is 2. The fourth-order valence-electron chi connectivity index (χ4n) is 4.06. The van der Waals surface area contributed by atoms with Crippen molar-refractivity contribution in [2.45, 2.75) is 26.2 Å². The van der Waals surface area contributed by atoms with E-state index in [4.69, 9.17) is 4.74 Å². The Labute approximate surface area is 165 Å². The number of carboxylic acid groups (broad SMARTS) is 1. The number of piperidine rings is 1. The Kier molecular flexibility index (Phi) is 6.54. The summed E-state index contributed by atoms with van der Waals surface area (Å²) in [6.07, 6.45) is 1.80. The standard InChI is InChI=1S/C21H28N2O5/c1-15-12-23(14-18(15)21(26)27)20(25)16-6-5-10-22(13-16)19(24)9-11-28-17-7-3-2-4-8-17/h2-4,7-8,15-16,18H,5-6,9-14H2,1H3,(H,26,27)/t15-,16?,18-/m1/s1. The number of carboxylic acids is 1. The zero-order valence-electron chi connectivity index (χ0n) is 16.3. The molecule has 0 aliphatic carbocycles. The van der Waals surface area contributed by atoms with E-state index in [0.717, 1.165) is 18.6 Å². The second-order valence-corrected chi connectivity index (χ2v) is 7.76. The van der Waals surface area contributed by atoms with Gasteiger partial charge in [0.1, 0.15) is 5.75 Å². The van der Waals surface area contributed by atoms with Gasteiger partial charge in [0.05, 0.1) is 24.9 Å². The lowest BCUT2D eigenvalue weighted by Gasteiger charge is -2.34. The van der Waals surface area contributed by atoms with E-state index in [9.17, 15) is 19.5 Å². The van der Waals surface area contributed by atoms with Crippen LogP contribution in [0, 0.1) is 17.8 Å². The number of rotatable bonds is 6. The van der Waals surface area contributed by atoms with Crippen molar-refractivity contribution < 1.29 is 24.2 Å². The predicted molar refractivity (Wildman–Crippen MR) is 103 cm³/mol. The van der Waals surface area contributed by atoms with E-state index in [1.807, 2.05) is 37.3 Å². The molecular formula is C21H28N2O5. The highest BCUT2D eigenvalue weighted by Crippen LogP contribution is 2.27. The molecule has 0 radical (unpaired) electrons. The molecule has 3 rings (SSSR count). The van der Waals surface area contributed by atoms with E-state index in [0.29, 0.717) is 26.2 Å². The number of amides is 2. The SMILES string of the molecule is C[C@@H]1CN(C(=O)C2CCCN(C(=O)CCOc3ccccc3)C2)C[C@H]1C(=O)O. The van der Waals surface area contributed by atoms with Crippen molar-refractivity contribution in [3.63, 3.8) is 0 Å². The normalized spacial score (nSPS) is 24.8. The topological polar surface area (TPSA) is 87.2 Å². The van der Waals surface area contributed by atoms with Crippen molar-refractivity contribution in [2.24, 2.45) is 17.8 Å². The van der Waals surface area contributed by atoms with Crippen LogP contribution in [0.3, 0.4) is 0 Å². The summed E-state index contributed by atoms with van der Waals surface area (Å²) in [5.74, 6) is -0.925. The Balaban J connectivity index is 1.48. The molecule has 2 saturated heterocycles. The van der Waals surface area contributed by atoms with Crippen LogP contribution in [0.25, 0.3) is 0 Å². The molecule has 2 amide bonds. The lowest BCUT2D eigenvalue weighted by molar-refractivity contribution is -0.142. The fourth-order valence-corrected chi connectivity index (χ4v) is 4.06. The lowest BCUT2D eigenvalue weighted by Crippen LogP contribution is -2.46. The summed E-state index contributed by atoms with van der Waals surface area (Å²) in [6.45, 7) is 3.99. The Morgan fingerprint density at radius 3 is 2.54 bits per heavy atom. The first-order chi connectivity index (χ1) is 13.5. The summed E-state index contributed by atoms with van der Waals surface area (Å²) < 4.78 is 5.59. The van der Waals surface area contributed by atoms with Crippen LogP contribution >= 0.6 is 0 Å². The number of hydrogen-bond acceptors (Lipinski definition) is 4. The maximum atomic E-state index is 12.9. The van der Waals surface area contributed by atoms with E-state index in [2.05, 4.69) is 0 Å². The van der Waals surface area contributed by atoms with Crippen molar-refractivity contribution in [1.82, 2.24) is 9.80 Å². The van der Waals surface area contributed by atoms with Gasteiger partial charge in [0.15, 0.2) is 0 Å². The molecule has 1 N–H and O–H groups in total. The average molecular weight is 388 g/mol. The van der Waals surface area contributed by atoms with E-state index in [1.54, 1.807) is 9.80 Å². The van der Waals surface area contributed by atoms with Gasteiger partial charge in [-0.15, -0.1) is 0 Å². The van der Waals surface area contributed by atoms with Gasteiger partial charge in [0, 0.05) is 26.2 Å². The van der Waals surface area contributed by atoms with Crippen LogP contribution in [0.4, 0.5) is 0 Å². The third kappa shape index (κ3) is 4.82. The Morgan fingerprint density at radius 2 is 1.86 bits per heavy atom. The maximum absolute atomic E-state index is 12.9. The van der Waals surface area contributed by atoms with Crippen molar-refractivity contribution in [2.75, 3.05) is 32.8 Å². The van der Waals surface area contributed by atoms with Gasteiger partial charge in [-0.1, -0.05) is 25.1 Å². The van der Waals surface area contributed by atoms with Crippen molar-refractivity contribution in [3.8, 4) is 5.75 Å². The van der Waals surface area contributed by atoms with Crippen LogP contribution in [0.15, 0.2) is 30.3 Å². The molecular weight excluding hydrogens is 360 g/mol. The van der Waals surface area contributed by atoms with Crippen LogP contribution in [0.1, 0.15) is 26.2 Å². The zero-order chi connectivity index (χ0) is 20.1. The summed E-state index contributed by atoms with van der Waals surface area (Å²) in [5, 5.41) is 9.27. The molecule has 0 spiro atoms. The minimum absolute atomic E-state index is 0.00775. The van der Waals surface area contributed by atoms with Crippen LogP contribution in [0.2, 0.25) is 0 Å². The first-order valence-electron chi connectivity index (χ1n) is 9.93. The van der Waals surface area contributed by atoms with Crippen LogP contribution in [0.5, 0.6) is 5.75 Å². The quantitative estimate of drug-likeness (QED) is 0.804. The molecule has 7 heteroatoms. The molecule has 152 valence electrons. The van der Waals surface area contributed by atoms with E-state index >= 15 is 0 Å². The summed E-state index contributed by atoms with van der Waals surface area (Å²) in [5.41, 5.74) is 0. The van der Waals surface area contributed by atoms with Gasteiger partial charge >= 0.3 is 5.97 Å². The second kappa shape index (κ2) is 9.08. The number of aliphatic carboxylic acids is 1. The summed E-state index contributed by atoms with van der Waals surface area (Å²) in [6, 6.07) is 9.37. The Bertz CT molecular complexity index is 708. The van der Waals surface area contributed by atoms with Gasteiger partial charge in [-0.3, -0.25) is 14.4 Å². The lowest BCUT2D eigenvalue weighted by atomic mass is 9.96. The highest BCUT2D eigenvalue weighted by Gasteiger charge is 2.40. The minimum Gasteiger partial charge on any atom is -0.493 e. The van der Waals surface area contributed by atoms with E-state index in [1.165, 1.54) is 0 Å². The maximum Gasteiger partial charge on any atom is 0.308 e. The Hall–Kier alpha value is -2.57. The van der Waals surface area contributed by atoms with Crippen LogP contribution in [-0.2, 0) is 14.4 Å². The van der Waals surface area contributed by atoms with Gasteiger partial charge in [-0.25, -0.2) is 0 Å². The number of carbonyl (C=O) groups is 3. The zero-order valence-corrected chi connectivity index (χ0v) is 16.3. The smallest absolute Gasteiger partial charge is 0.308 e. The number of para-hydroxylation sites is 1. The minimum atomic E-state index is -0.846. The number of carbonyl (C=O) groups excluding carboxylic acids is 2. The monoisotopic (exact) mass is 388 g/mol. The molecule has 0 saturated carbocycles. The summed E-state index contributed by atoms with van der Waals surface area (Å²) >= 11 is 0. The molecule has 0 aromatic heterocycles.